The first-order valence-corrected chi connectivity index (χ1v) is 11.7. The number of amides is 3. The highest BCUT2D eigenvalue weighted by molar-refractivity contribution is 6.55. The molecule has 1 aliphatic heterocycles. The number of fused-ring (bicyclic) bond motifs is 1. The van der Waals surface area contributed by atoms with Crippen molar-refractivity contribution in [2.24, 2.45) is 5.92 Å². The van der Waals surface area contributed by atoms with Crippen LogP contribution in [0.25, 0.3) is 0 Å². The number of carbonyl (C=O) groups is 4. The van der Waals surface area contributed by atoms with Gasteiger partial charge < -0.3 is 10.1 Å². The lowest BCUT2D eigenvalue weighted by Gasteiger charge is -2.27. The highest BCUT2D eigenvalue weighted by Crippen LogP contribution is 2.45. The van der Waals surface area contributed by atoms with Crippen LogP contribution in [0.1, 0.15) is 40.1 Å². The molecule has 2 aromatic carbocycles. The van der Waals surface area contributed by atoms with Crippen molar-refractivity contribution in [1.82, 2.24) is 4.90 Å². The normalized spacial score (nSPS) is 13.9. The third-order valence-electron chi connectivity index (χ3n) is 5.17. The Kier molecular flexibility index (Phi) is 8.05. The highest BCUT2D eigenvalue weighted by atomic mass is 35.5. The maximum atomic E-state index is 13.1. The van der Waals surface area contributed by atoms with Crippen molar-refractivity contribution in [3.8, 4) is 0 Å². The van der Waals surface area contributed by atoms with Gasteiger partial charge in [0.25, 0.3) is 17.7 Å². The number of halogens is 5. The Morgan fingerprint density at radius 2 is 1.47 bits per heavy atom. The number of imide groups is 1. The predicted molar refractivity (Wildman–Crippen MR) is 131 cm³/mol. The van der Waals surface area contributed by atoms with Gasteiger partial charge in [-0.3, -0.25) is 19.3 Å². The third kappa shape index (κ3) is 4.72. The summed E-state index contributed by atoms with van der Waals surface area (Å²) in [7, 11) is 0. The molecule has 0 spiro atoms. The number of ether oxygens (including phenoxy) is 1. The molecule has 1 unspecified atom stereocenters. The van der Waals surface area contributed by atoms with Crippen LogP contribution in [0.4, 0.5) is 5.69 Å². The monoisotopic (exact) mass is 564 g/mol. The molecule has 180 valence electrons. The average molecular weight is 567 g/mol. The van der Waals surface area contributed by atoms with Gasteiger partial charge in [-0.15, -0.1) is 0 Å². The quantitative estimate of drug-likeness (QED) is 0.199. The molecule has 3 rings (SSSR count). The number of hydrogen-bond donors (Lipinski definition) is 1. The Balaban J connectivity index is 1.81. The molecule has 2 aromatic rings. The third-order valence-corrected chi connectivity index (χ3v) is 7.38. The van der Waals surface area contributed by atoms with Crippen molar-refractivity contribution < 1.29 is 23.9 Å². The Labute approximate surface area is 220 Å². The van der Waals surface area contributed by atoms with E-state index in [0.29, 0.717) is 21.2 Å². The first-order valence-electron chi connectivity index (χ1n) is 9.83. The van der Waals surface area contributed by atoms with E-state index in [-0.39, 0.29) is 31.2 Å². The zero-order valence-electron chi connectivity index (χ0n) is 18.0. The molecule has 3 amide bonds. The van der Waals surface area contributed by atoms with Gasteiger partial charge in [0, 0.05) is 10.7 Å². The summed E-state index contributed by atoms with van der Waals surface area (Å²) in [5.74, 6) is -3.92. The molecule has 1 aliphatic rings. The van der Waals surface area contributed by atoms with Gasteiger partial charge in [0.15, 0.2) is 6.61 Å². The second kappa shape index (κ2) is 10.3. The van der Waals surface area contributed by atoms with Crippen LogP contribution in [-0.4, -0.2) is 41.2 Å². The Bertz CT molecular complexity index is 1180. The topological polar surface area (TPSA) is 92.8 Å². The van der Waals surface area contributed by atoms with Gasteiger partial charge in [-0.1, -0.05) is 77.9 Å². The van der Waals surface area contributed by atoms with Crippen molar-refractivity contribution in [2.75, 3.05) is 11.9 Å². The fraction of sp³-hybridized carbons (Fsp3) is 0.273. The lowest BCUT2D eigenvalue weighted by atomic mass is 10.0. The average Bonchev–Trinajstić information content (AvgIpc) is 3.03. The maximum absolute atomic E-state index is 13.1. The van der Waals surface area contributed by atoms with Gasteiger partial charge in [-0.2, -0.15) is 0 Å². The van der Waals surface area contributed by atoms with Crippen molar-refractivity contribution in [3.05, 3.63) is 60.0 Å². The van der Waals surface area contributed by atoms with Gasteiger partial charge in [0.1, 0.15) is 6.04 Å². The van der Waals surface area contributed by atoms with E-state index in [9.17, 15) is 19.2 Å². The van der Waals surface area contributed by atoms with Crippen LogP contribution in [0, 0.1) is 12.8 Å². The summed E-state index contributed by atoms with van der Waals surface area (Å²) in [6, 6.07) is 3.60. The summed E-state index contributed by atoms with van der Waals surface area (Å²) >= 11 is 30.4. The molecule has 7 nitrogen and oxygen atoms in total. The number of nitrogens with zero attached hydrogens (tertiary/aromatic N) is 1. The molecule has 0 radical (unpaired) electrons. The first kappa shape index (κ1) is 26.6. The molecule has 0 fully saturated rings. The molecule has 0 saturated heterocycles. The molecule has 12 heteroatoms. The Hall–Kier alpha value is -2.03. The largest absolute Gasteiger partial charge is 0.454 e. The van der Waals surface area contributed by atoms with E-state index in [1.54, 1.807) is 39.0 Å². The van der Waals surface area contributed by atoms with E-state index < -0.39 is 42.3 Å². The lowest BCUT2D eigenvalue weighted by Crippen LogP contribution is -2.49. The standard InChI is InChI=1S/C22H17Cl5N2O5/c1-8(2)19(22(33)34-7-12(30)28-11-6-4-5-10(23)9(11)3)29-20(31)13-14(21(29)32)16(25)18(27)17(26)15(13)24/h4-6,8,19H,7H2,1-3H3,(H,28,30). The Morgan fingerprint density at radius 3 is 1.97 bits per heavy atom. The minimum absolute atomic E-state index is 0.188. The summed E-state index contributed by atoms with van der Waals surface area (Å²) in [4.78, 5) is 52.1. The van der Waals surface area contributed by atoms with E-state index in [0.717, 1.165) is 0 Å². The number of carbonyl (C=O) groups excluding carboxylic acids is 4. The van der Waals surface area contributed by atoms with Crippen LogP contribution in [0.5, 0.6) is 0 Å². The van der Waals surface area contributed by atoms with Crippen LogP contribution in [0.2, 0.25) is 25.1 Å². The Morgan fingerprint density at radius 1 is 0.941 bits per heavy atom. The predicted octanol–water partition coefficient (Wildman–Crippen LogP) is 6.06. The van der Waals surface area contributed by atoms with E-state index in [4.69, 9.17) is 62.7 Å². The second-order valence-corrected chi connectivity index (χ2v) is 9.66. The molecule has 34 heavy (non-hydrogen) atoms. The number of rotatable bonds is 6. The van der Waals surface area contributed by atoms with Gasteiger partial charge in [0.05, 0.1) is 31.2 Å². The number of benzene rings is 2. The van der Waals surface area contributed by atoms with Gasteiger partial charge >= 0.3 is 5.97 Å². The lowest BCUT2D eigenvalue weighted by molar-refractivity contribution is -0.152. The van der Waals surface area contributed by atoms with Crippen LogP contribution in [0.15, 0.2) is 18.2 Å². The number of hydrogen-bond acceptors (Lipinski definition) is 5. The van der Waals surface area contributed by atoms with E-state index in [2.05, 4.69) is 5.32 Å². The summed E-state index contributed by atoms with van der Waals surface area (Å²) in [6.07, 6.45) is 0. The first-order chi connectivity index (χ1) is 15.9. The fourth-order valence-corrected chi connectivity index (χ4v) is 4.63. The summed E-state index contributed by atoms with van der Waals surface area (Å²) in [5, 5.41) is 2.17. The molecule has 1 heterocycles. The molecule has 1 N–H and O–H groups in total. The number of nitrogens with one attached hydrogen (secondary N) is 1. The van der Waals surface area contributed by atoms with Gasteiger partial charge in [0.2, 0.25) is 0 Å². The van der Waals surface area contributed by atoms with Gasteiger partial charge in [-0.25, -0.2) is 4.79 Å². The molecule has 0 aliphatic carbocycles. The molecular weight excluding hydrogens is 550 g/mol. The molecule has 0 aromatic heterocycles. The minimum Gasteiger partial charge on any atom is -0.454 e. The summed E-state index contributed by atoms with van der Waals surface area (Å²) < 4.78 is 5.14. The van der Waals surface area contributed by atoms with Crippen molar-refractivity contribution >= 4 is 87.4 Å². The molecule has 0 saturated carbocycles. The van der Waals surface area contributed by atoms with E-state index >= 15 is 0 Å². The summed E-state index contributed by atoms with van der Waals surface area (Å²) in [6.45, 7) is 4.27. The number of anilines is 1. The van der Waals surface area contributed by atoms with Crippen molar-refractivity contribution in [1.29, 1.82) is 0 Å². The summed E-state index contributed by atoms with van der Waals surface area (Å²) in [5.41, 5.74) is 0.589. The minimum atomic E-state index is -1.36. The molecule has 1 atom stereocenters. The van der Waals surface area contributed by atoms with Gasteiger partial charge in [-0.05, 0) is 30.5 Å². The van der Waals surface area contributed by atoms with Crippen LogP contribution in [-0.2, 0) is 14.3 Å². The zero-order chi connectivity index (χ0) is 25.5. The number of esters is 1. The van der Waals surface area contributed by atoms with Crippen molar-refractivity contribution in [2.45, 2.75) is 26.8 Å². The van der Waals surface area contributed by atoms with Crippen LogP contribution >= 0.6 is 58.0 Å². The van der Waals surface area contributed by atoms with E-state index in [1.807, 2.05) is 0 Å². The fourth-order valence-electron chi connectivity index (χ4n) is 3.45. The smallest absolute Gasteiger partial charge is 0.330 e. The second-order valence-electron chi connectivity index (χ2n) is 7.74. The molecule has 0 bridgehead atoms. The molecular formula is C22H17Cl5N2O5. The zero-order valence-corrected chi connectivity index (χ0v) is 21.8. The van der Waals surface area contributed by atoms with Crippen molar-refractivity contribution in [3.63, 3.8) is 0 Å². The maximum Gasteiger partial charge on any atom is 0.330 e. The van der Waals surface area contributed by atoms with E-state index in [1.165, 1.54) is 0 Å². The van der Waals surface area contributed by atoms with Crippen LogP contribution < -0.4 is 5.32 Å². The SMILES string of the molecule is Cc1c(Cl)cccc1NC(=O)COC(=O)C(C(C)C)N1C(=O)c2c(Cl)c(Cl)c(Cl)c(Cl)c2C1=O. The van der Waals surface area contributed by atoms with Crippen LogP contribution in [0.3, 0.4) is 0 Å². The highest BCUT2D eigenvalue weighted by Gasteiger charge is 2.48.